The Balaban J connectivity index is 1.71. The van der Waals surface area contributed by atoms with Crippen LogP contribution in [0.1, 0.15) is 6.42 Å². The van der Waals surface area contributed by atoms with Crippen molar-refractivity contribution < 1.29 is 9.59 Å². The Labute approximate surface area is 132 Å². The molecule has 3 rings (SSSR count). The number of benzene rings is 1. The van der Waals surface area contributed by atoms with E-state index in [9.17, 15) is 9.59 Å². The number of pyridine rings is 1. The topological polar surface area (TPSA) is 62.3 Å². The Morgan fingerprint density at radius 2 is 2.09 bits per heavy atom. The van der Waals surface area contributed by atoms with Gasteiger partial charge in [-0.2, -0.15) is 0 Å². The molecule has 2 heterocycles. The monoisotopic (exact) mass is 315 g/mol. The van der Waals surface area contributed by atoms with Gasteiger partial charge in [0.25, 0.3) is 0 Å². The van der Waals surface area contributed by atoms with Crippen LogP contribution in [0, 0.1) is 5.92 Å². The highest BCUT2D eigenvalue weighted by Crippen LogP contribution is 2.27. The number of para-hydroxylation sites is 1. The van der Waals surface area contributed by atoms with Crippen LogP contribution in [-0.4, -0.2) is 23.3 Å². The number of rotatable bonds is 3. The lowest BCUT2D eigenvalue weighted by Gasteiger charge is -2.16. The number of anilines is 2. The molecule has 6 heteroatoms. The summed E-state index contributed by atoms with van der Waals surface area (Å²) in [6, 6.07) is 10.6. The molecule has 1 N–H and O–H groups in total. The molecule has 1 unspecified atom stereocenters. The molecule has 0 bridgehead atoms. The molecule has 22 heavy (non-hydrogen) atoms. The Hall–Kier alpha value is -2.40. The summed E-state index contributed by atoms with van der Waals surface area (Å²) in [6.07, 6.45) is 3.45. The van der Waals surface area contributed by atoms with E-state index in [1.807, 2.05) is 0 Å². The van der Waals surface area contributed by atoms with Gasteiger partial charge in [-0.05, 0) is 24.3 Å². The van der Waals surface area contributed by atoms with E-state index < -0.39 is 5.92 Å². The number of nitrogens with one attached hydrogen (secondary N) is 1. The molecule has 5 nitrogen and oxygen atoms in total. The molecular weight excluding hydrogens is 302 g/mol. The third-order valence-electron chi connectivity index (χ3n) is 3.59. The van der Waals surface area contributed by atoms with E-state index in [-0.39, 0.29) is 18.2 Å². The SMILES string of the molecule is O=C(Nc1ccccc1Cl)C1CC(=O)N(c2cccnc2)C1. The first-order valence-corrected chi connectivity index (χ1v) is 7.29. The van der Waals surface area contributed by atoms with Crippen molar-refractivity contribution in [1.29, 1.82) is 0 Å². The molecule has 0 saturated carbocycles. The maximum Gasteiger partial charge on any atom is 0.229 e. The van der Waals surface area contributed by atoms with E-state index in [1.54, 1.807) is 53.7 Å². The summed E-state index contributed by atoms with van der Waals surface area (Å²) >= 11 is 6.03. The first-order valence-electron chi connectivity index (χ1n) is 6.91. The fourth-order valence-electron chi connectivity index (χ4n) is 2.44. The van der Waals surface area contributed by atoms with Crippen molar-refractivity contribution in [1.82, 2.24) is 4.98 Å². The zero-order valence-electron chi connectivity index (χ0n) is 11.7. The molecule has 0 radical (unpaired) electrons. The first-order chi connectivity index (χ1) is 10.6. The first kappa shape index (κ1) is 14.5. The molecule has 112 valence electrons. The van der Waals surface area contributed by atoms with Crippen LogP contribution in [0.25, 0.3) is 0 Å². The van der Waals surface area contributed by atoms with Crippen molar-refractivity contribution >= 4 is 34.8 Å². The van der Waals surface area contributed by atoms with Gasteiger partial charge < -0.3 is 10.2 Å². The molecule has 1 aliphatic heterocycles. The van der Waals surface area contributed by atoms with Gasteiger partial charge in [-0.1, -0.05) is 23.7 Å². The summed E-state index contributed by atoms with van der Waals surface area (Å²) in [6.45, 7) is 0.348. The smallest absolute Gasteiger partial charge is 0.229 e. The number of halogens is 1. The Morgan fingerprint density at radius 3 is 2.82 bits per heavy atom. The van der Waals surface area contributed by atoms with Crippen molar-refractivity contribution in [2.75, 3.05) is 16.8 Å². The van der Waals surface area contributed by atoms with E-state index in [4.69, 9.17) is 11.6 Å². The lowest BCUT2D eigenvalue weighted by molar-refractivity contribution is -0.122. The number of carbonyl (C=O) groups is 2. The third-order valence-corrected chi connectivity index (χ3v) is 3.91. The summed E-state index contributed by atoms with van der Waals surface area (Å²) < 4.78 is 0. The Kier molecular flexibility index (Phi) is 4.06. The quantitative estimate of drug-likeness (QED) is 0.947. The van der Waals surface area contributed by atoms with Crippen molar-refractivity contribution in [3.05, 3.63) is 53.8 Å². The normalized spacial score (nSPS) is 17.6. The van der Waals surface area contributed by atoms with E-state index in [0.717, 1.165) is 0 Å². The van der Waals surface area contributed by atoms with Gasteiger partial charge in [-0.25, -0.2) is 0 Å². The maximum absolute atomic E-state index is 12.3. The average Bonchev–Trinajstić information content (AvgIpc) is 2.92. The van der Waals surface area contributed by atoms with Crippen LogP contribution in [0.2, 0.25) is 5.02 Å². The minimum atomic E-state index is -0.399. The zero-order chi connectivity index (χ0) is 15.5. The van der Waals surface area contributed by atoms with Crippen LogP contribution in [0.5, 0.6) is 0 Å². The van der Waals surface area contributed by atoms with Crippen LogP contribution in [0.4, 0.5) is 11.4 Å². The van der Waals surface area contributed by atoms with E-state index >= 15 is 0 Å². The molecule has 0 spiro atoms. The van der Waals surface area contributed by atoms with Crippen LogP contribution in [-0.2, 0) is 9.59 Å². The molecule has 1 fully saturated rings. The van der Waals surface area contributed by atoms with Crippen LogP contribution >= 0.6 is 11.6 Å². The predicted octanol–water partition coefficient (Wildman–Crippen LogP) is 2.73. The number of hydrogen-bond donors (Lipinski definition) is 1. The van der Waals surface area contributed by atoms with Crippen molar-refractivity contribution in [2.24, 2.45) is 5.92 Å². The lowest BCUT2D eigenvalue weighted by Crippen LogP contribution is -2.28. The number of carbonyl (C=O) groups excluding carboxylic acids is 2. The summed E-state index contributed by atoms with van der Waals surface area (Å²) in [4.78, 5) is 30.0. The minimum absolute atomic E-state index is 0.0766. The molecule has 1 aromatic heterocycles. The van der Waals surface area contributed by atoms with Gasteiger partial charge in [0.15, 0.2) is 0 Å². The van der Waals surface area contributed by atoms with Gasteiger partial charge in [-0.15, -0.1) is 0 Å². The zero-order valence-corrected chi connectivity index (χ0v) is 12.5. The summed E-state index contributed by atoms with van der Waals surface area (Å²) in [5.74, 6) is -0.677. The number of amides is 2. The molecule has 2 aromatic rings. The summed E-state index contributed by atoms with van der Waals surface area (Å²) in [5, 5.41) is 3.26. The van der Waals surface area contributed by atoms with Crippen molar-refractivity contribution in [2.45, 2.75) is 6.42 Å². The van der Waals surface area contributed by atoms with Gasteiger partial charge in [0.1, 0.15) is 0 Å². The largest absolute Gasteiger partial charge is 0.324 e. The number of hydrogen-bond acceptors (Lipinski definition) is 3. The summed E-state index contributed by atoms with van der Waals surface area (Å²) in [7, 11) is 0. The van der Waals surface area contributed by atoms with Crippen molar-refractivity contribution in [3.8, 4) is 0 Å². The fourth-order valence-corrected chi connectivity index (χ4v) is 2.63. The van der Waals surface area contributed by atoms with Gasteiger partial charge in [0.2, 0.25) is 11.8 Å². The molecule has 1 aromatic carbocycles. The van der Waals surface area contributed by atoms with Gasteiger partial charge in [0.05, 0.1) is 28.5 Å². The van der Waals surface area contributed by atoms with Gasteiger partial charge in [-0.3, -0.25) is 14.6 Å². The van der Waals surface area contributed by atoms with E-state index in [0.29, 0.717) is 22.9 Å². The molecule has 0 aliphatic carbocycles. The highest BCUT2D eigenvalue weighted by atomic mass is 35.5. The van der Waals surface area contributed by atoms with Gasteiger partial charge >= 0.3 is 0 Å². The second-order valence-corrected chi connectivity index (χ2v) is 5.49. The highest BCUT2D eigenvalue weighted by molar-refractivity contribution is 6.33. The van der Waals surface area contributed by atoms with Crippen LogP contribution in [0.3, 0.4) is 0 Å². The second-order valence-electron chi connectivity index (χ2n) is 5.09. The summed E-state index contributed by atoms with van der Waals surface area (Å²) in [5.41, 5.74) is 1.27. The maximum atomic E-state index is 12.3. The second kappa shape index (κ2) is 6.15. The molecule has 1 saturated heterocycles. The predicted molar refractivity (Wildman–Crippen MR) is 84.8 cm³/mol. The van der Waals surface area contributed by atoms with Crippen LogP contribution < -0.4 is 10.2 Å². The molecule has 2 amide bonds. The van der Waals surface area contributed by atoms with Crippen molar-refractivity contribution in [3.63, 3.8) is 0 Å². The minimum Gasteiger partial charge on any atom is -0.324 e. The lowest BCUT2D eigenvalue weighted by atomic mass is 10.1. The molecule has 1 atom stereocenters. The fraction of sp³-hybridized carbons (Fsp3) is 0.188. The van der Waals surface area contributed by atoms with E-state index in [2.05, 4.69) is 10.3 Å². The van der Waals surface area contributed by atoms with Gasteiger partial charge in [0, 0.05) is 19.2 Å². The third kappa shape index (κ3) is 2.94. The Bertz CT molecular complexity index is 706. The molecular formula is C16H14ClN3O2. The number of nitrogens with zero attached hydrogens (tertiary/aromatic N) is 2. The van der Waals surface area contributed by atoms with E-state index in [1.165, 1.54) is 0 Å². The highest BCUT2D eigenvalue weighted by Gasteiger charge is 2.35. The average molecular weight is 316 g/mol. The number of aromatic nitrogens is 1. The molecule has 1 aliphatic rings. The standard InChI is InChI=1S/C16H14ClN3O2/c17-13-5-1-2-6-14(13)19-16(22)11-8-15(21)20(10-11)12-4-3-7-18-9-12/h1-7,9,11H,8,10H2,(H,19,22). The Morgan fingerprint density at radius 1 is 1.27 bits per heavy atom. The van der Waals surface area contributed by atoms with Crippen LogP contribution in [0.15, 0.2) is 48.8 Å².